The zero-order valence-corrected chi connectivity index (χ0v) is 14.9. The van der Waals surface area contributed by atoms with E-state index in [4.69, 9.17) is 0 Å². The Balaban J connectivity index is 2.52. The van der Waals surface area contributed by atoms with Gasteiger partial charge in [0.15, 0.2) is 0 Å². The van der Waals surface area contributed by atoms with Gasteiger partial charge in [0.1, 0.15) is 17.0 Å². The molecule has 1 N–H and O–H groups in total. The van der Waals surface area contributed by atoms with Gasteiger partial charge in [0.05, 0.1) is 5.39 Å². The molecule has 0 fully saturated rings. The number of aryl methyl sites for hydroxylation is 3. The van der Waals surface area contributed by atoms with Crippen LogP contribution in [0.25, 0.3) is 11.0 Å². The van der Waals surface area contributed by atoms with E-state index < -0.39 is 5.91 Å². The van der Waals surface area contributed by atoms with E-state index in [1.165, 1.54) is 13.1 Å². The minimum atomic E-state index is -0.473. The Hall–Kier alpha value is -2.50. The lowest BCUT2D eigenvalue weighted by atomic mass is 9.99. The molecule has 0 aromatic carbocycles. The van der Waals surface area contributed by atoms with E-state index in [1.54, 1.807) is 31.7 Å². The maximum Gasteiger partial charge on any atom is 0.257 e. The molecule has 0 saturated heterocycles. The summed E-state index contributed by atoms with van der Waals surface area (Å²) in [4.78, 5) is 41.1. The quantitative estimate of drug-likeness (QED) is 0.929. The van der Waals surface area contributed by atoms with Gasteiger partial charge in [-0.25, -0.2) is 4.98 Å². The fraction of sp³-hybridized carbons (Fsp3) is 0.444. The molecule has 2 aromatic rings. The molecule has 0 spiro atoms. The highest BCUT2D eigenvalue weighted by atomic mass is 16.2. The van der Waals surface area contributed by atoms with Crippen molar-refractivity contribution in [1.82, 2.24) is 14.9 Å². The van der Waals surface area contributed by atoms with Gasteiger partial charge in [-0.1, -0.05) is 6.92 Å². The normalized spacial score (nSPS) is 13.6. The molecule has 0 radical (unpaired) electrons. The lowest BCUT2D eigenvalue weighted by Crippen LogP contribution is -2.41. The van der Waals surface area contributed by atoms with Crippen molar-refractivity contribution in [2.75, 3.05) is 0 Å². The number of carbonyl (C=O) groups excluding carboxylic acids is 2. The fourth-order valence-corrected chi connectivity index (χ4v) is 2.59. The third-order valence-corrected chi connectivity index (χ3v) is 4.69. The number of rotatable bonds is 4. The summed E-state index contributed by atoms with van der Waals surface area (Å²) in [7, 11) is 1.75. The van der Waals surface area contributed by atoms with E-state index in [0.717, 1.165) is 11.1 Å². The van der Waals surface area contributed by atoms with Crippen molar-refractivity contribution in [1.29, 1.82) is 0 Å². The van der Waals surface area contributed by atoms with Gasteiger partial charge < -0.3 is 9.88 Å². The topological polar surface area (TPSA) is 81.1 Å². The average Bonchev–Trinajstić information content (AvgIpc) is 2.52. The Labute approximate surface area is 140 Å². The highest BCUT2D eigenvalue weighted by Crippen LogP contribution is 2.16. The summed E-state index contributed by atoms with van der Waals surface area (Å²) in [5.74, 6) is -0.798. The number of Topliss-reactive ketones (excluding diaryl/α,β-unsaturated/α-hetero) is 1. The summed E-state index contributed by atoms with van der Waals surface area (Å²) in [5.41, 5.74) is 1.99. The second-order valence-corrected chi connectivity index (χ2v) is 6.41. The Bertz CT molecular complexity index is 883. The van der Waals surface area contributed by atoms with Crippen LogP contribution in [0.1, 0.15) is 42.3 Å². The highest BCUT2D eigenvalue weighted by Gasteiger charge is 2.22. The van der Waals surface area contributed by atoms with Crippen molar-refractivity contribution in [3.05, 3.63) is 39.3 Å². The fourth-order valence-electron chi connectivity index (χ4n) is 2.59. The molecule has 2 rings (SSSR count). The Morgan fingerprint density at radius 1 is 1.25 bits per heavy atom. The third-order valence-electron chi connectivity index (χ3n) is 4.69. The summed E-state index contributed by atoms with van der Waals surface area (Å²) in [6, 6.07) is -0.355. The van der Waals surface area contributed by atoms with Crippen molar-refractivity contribution < 1.29 is 9.59 Å². The van der Waals surface area contributed by atoms with E-state index in [-0.39, 0.29) is 28.7 Å². The molecule has 2 heterocycles. The number of hydrogen-bond acceptors (Lipinski definition) is 4. The smallest absolute Gasteiger partial charge is 0.257 e. The second-order valence-electron chi connectivity index (χ2n) is 6.41. The largest absolute Gasteiger partial charge is 0.349 e. The van der Waals surface area contributed by atoms with E-state index >= 15 is 0 Å². The molecular formula is C18H23N3O3. The zero-order chi connectivity index (χ0) is 18.2. The minimum absolute atomic E-state index is 0.00937. The van der Waals surface area contributed by atoms with E-state index in [9.17, 15) is 14.4 Å². The number of aromatic nitrogens is 2. The second kappa shape index (κ2) is 6.55. The van der Waals surface area contributed by atoms with E-state index in [2.05, 4.69) is 10.3 Å². The Morgan fingerprint density at radius 2 is 1.88 bits per heavy atom. The van der Waals surface area contributed by atoms with Crippen LogP contribution in [0.15, 0.2) is 17.2 Å². The van der Waals surface area contributed by atoms with Crippen molar-refractivity contribution in [3.63, 3.8) is 0 Å². The van der Waals surface area contributed by atoms with Gasteiger partial charge in [0.25, 0.3) is 5.91 Å². The summed E-state index contributed by atoms with van der Waals surface area (Å²) in [6.07, 6.45) is 3.21. The molecule has 6 heteroatoms. The predicted molar refractivity (Wildman–Crippen MR) is 93.2 cm³/mol. The molecule has 0 aliphatic heterocycles. The molecule has 2 aromatic heterocycles. The number of hydrogen-bond donors (Lipinski definition) is 1. The highest BCUT2D eigenvalue weighted by molar-refractivity contribution is 5.98. The maximum atomic E-state index is 12.8. The molecule has 2 unspecified atom stereocenters. The predicted octanol–water partition coefficient (Wildman–Crippen LogP) is 1.89. The van der Waals surface area contributed by atoms with Crippen LogP contribution in [0.4, 0.5) is 0 Å². The van der Waals surface area contributed by atoms with Gasteiger partial charge in [-0.3, -0.25) is 14.4 Å². The summed E-state index contributed by atoms with van der Waals surface area (Å²) in [6.45, 7) is 8.73. The Kier molecular flexibility index (Phi) is 4.87. The van der Waals surface area contributed by atoms with Crippen LogP contribution in [0.5, 0.6) is 0 Å². The van der Waals surface area contributed by atoms with Gasteiger partial charge in [0.2, 0.25) is 5.43 Å². The number of amides is 1. The van der Waals surface area contributed by atoms with Gasteiger partial charge in [-0.05, 0) is 38.8 Å². The number of pyridine rings is 2. The van der Waals surface area contributed by atoms with Crippen LogP contribution in [0.2, 0.25) is 0 Å². The van der Waals surface area contributed by atoms with Crippen LogP contribution in [0.3, 0.4) is 0 Å². The first-order chi connectivity index (χ1) is 11.1. The lowest BCUT2D eigenvalue weighted by molar-refractivity contribution is -0.120. The number of nitrogens with one attached hydrogen (secondary N) is 1. The van der Waals surface area contributed by atoms with Crippen molar-refractivity contribution >= 4 is 22.7 Å². The first-order valence-electron chi connectivity index (χ1n) is 7.92. The third kappa shape index (κ3) is 3.09. The molecule has 0 aliphatic rings. The van der Waals surface area contributed by atoms with Crippen LogP contribution < -0.4 is 10.7 Å². The van der Waals surface area contributed by atoms with Crippen LogP contribution in [-0.2, 0) is 11.8 Å². The molecule has 0 aliphatic carbocycles. The first-order valence-corrected chi connectivity index (χ1v) is 7.92. The van der Waals surface area contributed by atoms with Gasteiger partial charge in [-0.15, -0.1) is 0 Å². The van der Waals surface area contributed by atoms with Gasteiger partial charge >= 0.3 is 0 Å². The van der Waals surface area contributed by atoms with Crippen molar-refractivity contribution in [2.24, 2.45) is 13.0 Å². The van der Waals surface area contributed by atoms with Crippen molar-refractivity contribution in [2.45, 2.75) is 40.7 Å². The summed E-state index contributed by atoms with van der Waals surface area (Å²) >= 11 is 0. The average molecular weight is 329 g/mol. The number of ketones is 1. The number of carbonyl (C=O) groups is 2. The molecule has 0 saturated carbocycles. The first kappa shape index (κ1) is 17.8. The molecule has 24 heavy (non-hydrogen) atoms. The molecule has 128 valence electrons. The molecule has 1 amide bonds. The number of nitrogens with zero attached hydrogens (tertiary/aromatic N) is 2. The molecule has 6 nitrogen and oxygen atoms in total. The van der Waals surface area contributed by atoms with Gasteiger partial charge in [-0.2, -0.15) is 0 Å². The zero-order valence-electron chi connectivity index (χ0n) is 14.9. The van der Waals surface area contributed by atoms with Crippen LogP contribution >= 0.6 is 0 Å². The number of fused-ring (bicyclic) bond motifs is 1. The monoisotopic (exact) mass is 329 g/mol. The van der Waals surface area contributed by atoms with E-state index in [1.807, 2.05) is 13.8 Å². The molecule has 2 atom stereocenters. The van der Waals surface area contributed by atoms with Crippen molar-refractivity contribution in [3.8, 4) is 0 Å². The van der Waals surface area contributed by atoms with Gasteiger partial charge in [0, 0.05) is 31.4 Å². The SMILES string of the molecule is CC(=O)C(C)C(C)NC(=O)c1cn(C)c2ncc(C)c(C)c2c1=O. The standard InChI is InChI=1S/C18H23N3O3/c1-9-7-19-17-15(10(9)2)16(23)14(8-21(17)6)18(24)20-12(4)11(3)13(5)22/h7-8,11-12H,1-6H3,(H,20,24). The van der Waals surface area contributed by atoms with E-state index in [0.29, 0.717) is 11.0 Å². The maximum absolute atomic E-state index is 12.8. The van der Waals surface area contributed by atoms with Crippen LogP contribution in [-0.4, -0.2) is 27.3 Å². The summed E-state index contributed by atoms with van der Waals surface area (Å²) in [5, 5.41) is 3.21. The minimum Gasteiger partial charge on any atom is -0.349 e. The van der Waals surface area contributed by atoms with Crippen LogP contribution in [0, 0.1) is 19.8 Å². The Morgan fingerprint density at radius 3 is 2.46 bits per heavy atom. The summed E-state index contributed by atoms with van der Waals surface area (Å²) < 4.78 is 1.68. The molecule has 0 bridgehead atoms. The lowest BCUT2D eigenvalue weighted by Gasteiger charge is -2.19. The molecular weight excluding hydrogens is 306 g/mol.